The lowest BCUT2D eigenvalue weighted by molar-refractivity contribution is 0.174. The molecule has 3 heterocycles. The average Bonchev–Trinajstić information content (AvgIpc) is 3.31. The van der Waals surface area contributed by atoms with Crippen molar-refractivity contribution in [3.05, 3.63) is 53.2 Å². The van der Waals surface area contributed by atoms with Crippen LogP contribution in [0, 0.1) is 0 Å². The summed E-state index contributed by atoms with van der Waals surface area (Å²) in [6.45, 7) is 5.69. The van der Waals surface area contributed by atoms with Gasteiger partial charge >= 0.3 is 0 Å². The molecule has 1 aromatic carbocycles. The van der Waals surface area contributed by atoms with Crippen molar-refractivity contribution in [3.8, 4) is 28.0 Å². The minimum Gasteiger partial charge on any atom is -0.475 e. The molecule has 0 aliphatic carbocycles. The summed E-state index contributed by atoms with van der Waals surface area (Å²) in [6.07, 6.45) is 1.97. The second-order valence-corrected chi connectivity index (χ2v) is 7.34. The van der Waals surface area contributed by atoms with E-state index >= 15 is 0 Å². The summed E-state index contributed by atoms with van der Waals surface area (Å²) in [6, 6.07) is 9.84. The van der Waals surface area contributed by atoms with E-state index in [-0.39, 0.29) is 12.9 Å². The van der Waals surface area contributed by atoms with Gasteiger partial charge in [0.15, 0.2) is 11.5 Å². The Morgan fingerprint density at radius 1 is 1.15 bits per heavy atom. The molecule has 3 aromatic rings. The summed E-state index contributed by atoms with van der Waals surface area (Å²) in [5.74, 6) is 2.22. The summed E-state index contributed by atoms with van der Waals surface area (Å²) in [5, 5.41) is 6.45. The van der Waals surface area contributed by atoms with Crippen molar-refractivity contribution in [1.29, 1.82) is 0 Å². The van der Waals surface area contributed by atoms with Crippen LogP contribution >= 0.6 is 11.3 Å². The van der Waals surface area contributed by atoms with Gasteiger partial charge in [-0.05, 0) is 37.6 Å². The number of fused-ring (bicyclic) bond motifs is 1. The number of aromatic nitrogens is 2. The molecule has 0 fully saturated rings. The summed E-state index contributed by atoms with van der Waals surface area (Å²) in [5.41, 5.74) is 3.16. The van der Waals surface area contributed by atoms with E-state index in [0.717, 1.165) is 39.9 Å². The molecule has 0 amide bonds. The minimum absolute atomic E-state index is 0.130. The molecule has 140 valence electrons. The van der Waals surface area contributed by atoms with Gasteiger partial charge in [-0.1, -0.05) is 6.07 Å². The van der Waals surface area contributed by atoms with Crippen LogP contribution < -0.4 is 19.5 Å². The fourth-order valence-electron chi connectivity index (χ4n) is 2.71. The summed E-state index contributed by atoms with van der Waals surface area (Å²) in [4.78, 5) is 9.03. The van der Waals surface area contributed by atoms with Gasteiger partial charge < -0.3 is 19.5 Å². The lowest BCUT2D eigenvalue weighted by Crippen LogP contribution is -2.13. The third kappa shape index (κ3) is 4.37. The topological polar surface area (TPSA) is 65.5 Å². The number of pyridine rings is 1. The maximum atomic E-state index is 5.56. The van der Waals surface area contributed by atoms with Crippen LogP contribution in [0.1, 0.15) is 25.1 Å². The molecule has 0 unspecified atom stereocenters. The summed E-state index contributed by atoms with van der Waals surface area (Å²) >= 11 is 1.63. The van der Waals surface area contributed by atoms with Crippen LogP contribution in [0.4, 0.5) is 0 Å². The number of benzene rings is 1. The fraction of sp³-hybridized carbons (Fsp3) is 0.300. The Morgan fingerprint density at radius 2 is 2.04 bits per heavy atom. The second kappa shape index (κ2) is 7.94. The second-order valence-electron chi connectivity index (χ2n) is 6.49. The highest BCUT2D eigenvalue weighted by atomic mass is 32.1. The highest BCUT2D eigenvalue weighted by Gasteiger charge is 2.15. The molecule has 0 bridgehead atoms. The van der Waals surface area contributed by atoms with Crippen LogP contribution in [0.15, 0.2) is 41.9 Å². The van der Waals surface area contributed by atoms with E-state index in [0.29, 0.717) is 12.4 Å². The van der Waals surface area contributed by atoms with Crippen molar-refractivity contribution in [1.82, 2.24) is 15.3 Å². The molecule has 1 aliphatic rings. The normalized spacial score (nSPS) is 12.6. The molecule has 0 atom stereocenters. The first kappa shape index (κ1) is 17.8. The first-order valence-corrected chi connectivity index (χ1v) is 9.72. The molecule has 1 N–H and O–H groups in total. The van der Waals surface area contributed by atoms with E-state index < -0.39 is 0 Å². The largest absolute Gasteiger partial charge is 0.475 e. The van der Waals surface area contributed by atoms with E-state index in [9.17, 15) is 0 Å². The van der Waals surface area contributed by atoms with Gasteiger partial charge in [0.25, 0.3) is 0 Å². The molecule has 2 aromatic heterocycles. The number of hydrogen-bond acceptors (Lipinski definition) is 7. The quantitative estimate of drug-likeness (QED) is 0.665. The zero-order chi connectivity index (χ0) is 18.6. The van der Waals surface area contributed by atoms with Crippen molar-refractivity contribution in [2.75, 3.05) is 6.79 Å². The predicted molar refractivity (Wildman–Crippen MR) is 104 cm³/mol. The van der Waals surface area contributed by atoms with Crippen LogP contribution in [0.25, 0.3) is 10.6 Å². The number of hydrogen-bond donors (Lipinski definition) is 1. The molecular weight excluding hydrogens is 362 g/mol. The van der Waals surface area contributed by atoms with Gasteiger partial charge in [0.2, 0.25) is 12.7 Å². The third-order valence-corrected chi connectivity index (χ3v) is 4.90. The van der Waals surface area contributed by atoms with E-state index in [1.54, 1.807) is 11.3 Å². The molecule has 1 aliphatic heterocycles. The molecule has 0 saturated heterocycles. The SMILES string of the molecule is CC(C)Oc1ccc(CNCc2csc(-c3ccc4c(c3)OCO4)n2)cn1. The van der Waals surface area contributed by atoms with Crippen molar-refractivity contribution >= 4 is 11.3 Å². The van der Waals surface area contributed by atoms with E-state index in [4.69, 9.17) is 19.2 Å². The molecule has 27 heavy (non-hydrogen) atoms. The molecule has 0 saturated carbocycles. The Hall–Kier alpha value is -2.64. The number of rotatable bonds is 7. The lowest BCUT2D eigenvalue weighted by Gasteiger charge is -2.09. The Bertz CT molecular complexity index is 909. The lowest BCUT2D eigenvalue weighted by atomic mass is 10.2. The predicted octanol–water partition coefficient (Wildman–Crippen LogP) is 4.01. The molecule has 6 nitrogen and oxygen atoms in total. The Labute approximate surface area is 162 Å². The van der Waals surface area contributed by atoms with E-state index in [2.05, 4.69) is 15.7 Å². The first-order valence-electron chi connectivity index (χ1n) is 8.84. The molecule has 0 radical (unpaired) electrons. The highest BCUT2D eigenvalue weighted by molar-refractivity contribution is 7.13. The van der Waals surface area contributed by atoms with E-state index in [1.165, 1.54) is 0 Å². The van der Waals surface area contributed by atoms with Gasteiger partial charge in [-0.3, -0.25) is 0 Å². The zero-order valence-corrected chi connectivity index (χ0v) is 16.1. The van der Waals surface area contributed by atoms with Gasteiger partial charge in [0.1, 0.15) is 5.01 Å². The summed E-state index contributed by atoms with van der Waals surface area (Å²) < 4.78 is 16.4. The smallest absolute Gasteiger partial charge is 0.231 e. The molecule has 0 spiro atoms. The number of thiazole rings is 1. The van der Waals surface area contributed by atoms with Gasteiger partial charge in [-0.15, -0.1) is 11.3 Å². The maximum absolute atomic E-state index is 5.56. The van der Waals surface area contributed by atoms with Gasteiger partial charge in [0, 0.05) is 36.3 Å². The van der Waals surface area contributed by atoms with Crippen LogP contribution in [-0.2, 0) is 13.1 Å². The maximum Gasteiger partial charge on any atom is 0.231 e. The highest BCUT2D eigenvalue weighted by Crippen LogP contribution is 2.36. The van der Waals surface area contributed by atoms with Gasteiger partial charge in [-0.2, -0.15) is 0 Å². The zero-order valence-electron chi connectivity index (χ0n) is 15.3. The number of nitrogens with zero attached hydrogens (tertiary/aromatic N) is 2. The van der Waals surface area contributed by atoms with Crippen molar-refractivity contribution in [2.45, 2.75) is 33.0 Å². The third-order valence-electron chi connectivity index (χ3n) is 3.96. The van der Waals surface area contributed by atoms with Gasteiger partial charge in [0.05, 0.1) is 11.8 Å². The van der Waals surface area contributed by atoms with Crippen molar-refractivity contribution < 1.29 is 14.2 Å². The number of nitrogens with one attached hydrogen (secondary N) is 1. The average molecular weight is 383 g/mol. The Morgan fingerprint density at radius 3 is 2.85 bits per heavy atom. The molecular formula is C20H21N3O3S. The van der Waals surface area contributed by atoms with Crippen molar-refractivity contribution in [2.24, 2.45) is 0 Å². The van der Waals surface area contributed by atoms with Crippen LogP contribution in [0.3, 0.4) is 0 Å². The number of ether oxygens (including phenoxy) is 3. The molecule has 4 rings (SSSR count). The van der Waals surface area contributed by atoms with Gasteiger partial charge in [-0.25, -0.2) is 9.97 Å². The standard InChI is InChI=1S/C20H21N3O3S/c1-13(2)26-19-6-3-14(9-22-19)8-21-10-16-11-27-20(23-16)15-4-5-17-18(7-15)25-12-24-17/h3-7,9,11,13,21H,8,10,12H2,1-2H3. The van der Waals surface area contributed by atoms with E-state index in [1.807, 2.05) is 50.4 Å². The molecule has 7 heteroatoms. The Balaban J connectivity index is 1.32. The first-order chi connectivity index (χ1) is 13.2. The Kier molecular flexibility index (Phi) is 5.22. The summed E-state index contributed by atoms with van der Waals surface area (Å²) in [7, 11) is 0. The fourth-order valence-corrected chi connectivity index (χ4v) is 3.53. The van der Waals surface area contributed by atoms with Crippen LogP contribution in [-0.4, -0.2) is 22.9 Å². The van der Waals surface area contributed by atoms with Crippen LogP contribution in [0.5, 0.6) is 17.4 Å². The van der Waals surface area contributed by atoms with Crippen LogP contribution in [0.2, 0.25) is 0 Å². The minimum atomic E-state index is 0.130. The monoisotopic (exact) mass is 383 g/mol. The van der Waals surface area contributed by atoms with Crippen molar-refractivity contribution in [3.63, 3.8) is 0 Å².